The van der Waals surface area contributed by atoms with Crippen LogP contribution in [0.4, 0.5) is 0 Å². The molecule has 0 aromatic carbocycles. The van der Waals surface area contributed by atoms with Crippen LogP contribution in [0.1, 0.15) is 5.69 Å². The lowest BCUT2D eigenvalue weighted by Crippen LogP contribution is -1.84. The minimum Gasteiger partial charge on any atom is -0.505 e. The second-order valence-corrected chi connectivity index (χ2v) is 2.77. The van der Waals surface area contributed by atoms with E-state index in [-0.39, 0.29) is 18.1 Å². The number of rotatable bonds is 0. The van der Waals surface area contributed by atoms with Gasteiger partial charge in [0.15, 0.2) is 5.69 Å². The van der Waals surface area contributed by atoms with Crippen molar-refractivity contribution in [1.29, 1.82) is 0 Å². The summed E-state index contributed by atoms with van der Waals surface area (Å²) in [5.74, 6) is 4.92. The summed E-state index contributed by atoms with van der Waals surface area (Å²) in [5.41, 5.74) is 0.262. The molecule has 1 aromatic heterocycles. The summed E-state index contributed by atoms with van der Waals surface area (Å²) in [4.78, 5) is 3.89. The maximum atomic E-state index is 9.19. The van der Waals surface area contributed by atoms with Crippen LogP contribution in [-0.4, -0.2) is 21.8 Å². The maximum Gasteiger partial charge on any atom is 0.156 e. The smallest absolute Gasteiger partial charge is 0.156 e. The van der Waals surface area contributed by atoms with Gasteiger partial charge in [-0.3, -0.25) is 0 Å². The lowest BCUT2D eigenvalue weighted by molar-refractivity contribution is 0.350. The molecular weight excluding hydrogens is 222 g/mol. The monoisotopic (exact) mass is 227 g/mol. The molecule has 0 aliphatic carbocycles. The number of aromatic nitrogens is 1. The first-order valence-electron chi connectivity index (χ1n) is 3.19. The van der Waals surface area contributed by atoms with Crippen molar-refractivity contribution in [2.24, 2.45) is 0 Å². The molecule has 0 spiro atoms. The van der Waals surface area contributed by atoms with Crippen LogP contribution in [0.5, 0.6) is 5.75 Å². The molecule has 0 amide bonds. The van der Waals surface area contributed by atoms with E-state index in [1.165, 1.54) is 6.07 Å². The molecule has 0 fully saturated rings. The quantitative estimate of drug-likeness (QED) is 0.512. The topological polar surface area (TPSA) is 53.4 Å². The van der Waals surface area contributed by atoms with Gasteiger partial charge in [-0.25, -0.2) is 4.98 Å². The zero-order chi connectivity index (χ0) is 8.97. The van der Waals surface area contributed by atoms with Crippen LogP contribution >= 0.6 is 15.9 Å². The van der Waals surface area contributed by atoms with E-state index in [0.29, 0.717) is 4.60 Å². The summed E-state index contributed by atoms with van der Waals surface area (Å²) in [6.45, 7) is -0.242. The van der Waals surface area contributed by atoms with E-state index >= 15 is 0 Å². The Morgan fingerprint density at radius 3 is 2.92 bits per heavy atom. The molecule has 3 nitrogen and oxygen atoms in total. The summed E-state index contributed by atoms with van der Waals surface area (Å²) in [6.07, 6.45) is 0. The number of halogens is 1. The summed E-state index contributed by atoms with van der Waals surface area (Å²) >= 11 is 3.14. The Labute approximate surface area is 78.2 Å². The van der Waals surface area contributed by atoms with Crippen molar-refractivity contribution in [3.63, 3.8) is 0 Å². The molecule has 0 saturated heterocycles. The second kappa shape index (κ2) is 4.10. The minimum atomic E-state index is -0.242. The Hall–Kier alpha value is -1.05. The Bertz CT molecular complexity index is 341. The van der Waals surface area contributed by atoms with E-state index in [2.05, 4.69) is 32.8 Å². The summed E-state index contributed by atoms with van der Waals surface area (Å²) in [7, 11) is 0. The molecule has 12 heavy (non-hydrogen) atoms. The zero-order valence-electron chi connectivity index (χ0n) is 6.08. The van der Waals surface area contributed by atoms with Gasteiger partial charge in [-0.05, 0) is 34.0 Å². The fraction of sp³-hybridized carbons (Fsp3) is 0.125. The normalized spacial score (nSPS) is 8.83. The van der Waals surface area contributed by atoms with Gasteiger partial charge in [0.25, 0.3) is 0 Å². The largest absolute Gasteiger partial charge is 0.505 e. The molecule has 0 aliphatic heterocycles. The van der Waals surface area contributed by atoms with Gasteiger partial charge in [-0.15, -0.1) is 0 Å². The van der Waals surface area contributed by atoms with Gasteiger partial charge in [0.1, 0.15) is 17.0 Å². The van der Waals surface area contributed by atoms with Crippen molar-refractivity contribution < 1.29 is 10.2 Å². The van der Waals surface area contributed by atoms with Crippen molar-refractivity contribution in [3.8, 4) is 17.6 Å². The number of hydrogen-bond acceptors (Lipinski definition) is 3. The van der Waals surface area contributed by atoms with Crippen LogP contribution in [0.3, 0.4) is 0 Å². The lowest BCUT2D eigenvalue weighted by atomic mass is 10.3. The fourth-order valence-electron chi connectivity index (χ4n) is 0.643. The van der Waals surface area contributed by atoms with Crippen LogP contribution in [0.2, 0.25) is 0 Å². The third kappa shape index (κ3) is 2.22. The highest BCUT2D eigenvalue weighted by Gasteiger charge is 1.98. The third-order valence-electron chi connectivity index (χ3n) is 1.13. The highest BCUT2D eigenvalue weighted by Crippen LogP contribution is 2.16. The van der Waals surface area contributed by atoms with Gasteiger partial charge < -0.3 is 10.2 Å². The van der Waals surface area contributed by atoms with Crippen LogP contribution in [0.25, 0.3) is 0 Å². The van der Waals surface area contributed by atoms with Gasteiger partial charge >= 0.3 is 0 Å². The van der Waals surface area contributed by atoms with Crippen molar-refractivity contribution in [3.05, 3.63) is 22.4 Å². The summed E-state index contributed by atoms with van der Waals surface area (Å²) < 4.78 is 0.600. The molecule has 1 rings (SSSR count). The SMILES string of the molecule is OCC#Cc1nc(Br)ccc1O. The Kier molecular flexibility index (Phi) is 3.09. The molecule has 4 heteroatoms. The standard InChI is InChI=1S/C8H6BrNO2/c9-8-4-3-7(12)6(10-8)2-1-5-11/h3-4,11-12H,5H2. The first-order valence-corrected chi connectivity index (χ1v) is 3.98. The van der Waals surface area contributed by atoms with Gasteiger partial charge in [-0.1, -0.05) is 5.92 Å². The maximum absolute atomic E-state index is 9.19. The molecule has 62 valence electrons. The van der Waals surface area contributed by atoms with Gasteiger partial charge in [0.2, 0.25) is 0 Å². The van der Waals surface area contributed by atoms with Gasteiger partial charge in [0.05, 0.1) is 0 Å². The molecular formula is C8H6BrNO2. The minimum absolute atomic E-state index is 0.0131. The average Bonchev–Trinajstić information content (AvgIpc) is 2.07. The molecule has 0 unspecified atom stereocenters. The van der Waals surface area contributed by atoms with Gasteiger partial charge in [-0.2, -0.15) is 0 Å². The van der Waals surface area contributed by atoms with Crippen molar-refractivity contribution >= 4 is 15.9 Å². The molecule has 0 aliphatic rings. The highest BCUT2D eigenvalue weighted by atomic mass is 79.9. The first kappa shape index (κ1) is 9.04. The Morgan fingerprint density at radius 2 is 2.25 bits per heavy atom. The fourth-order valence-corrected chi connectivity index (χ4v) is 0.953. The first-order chi connectivity index (χ1) is 5.74. The Balaban J connectivity index is 3.05. The number of hydrogen-bond donors (Lipinski definition) is 2. The molecule has 0 radical (unpaired) electrons. The number of aliphatic hydroxyl groups is 1. The van der Waals surface area contributed by atoms with Crippen LogP contribution in [0.15, 0.2) is 16.7 Å². The highest BCUT2D eigenvalue weighted by molar-refractivity contribution is 9.10. The Morgan fingerprint density at radius 1 is 1.50 bits per heavy atom. The van der Waals surface area contributed by atoms with Gasteiger partial charge in [0, 0.05) is 0 Å². The van der Waals surface area contributed by atoms with Crippen LogP contribution in [0, 0.1) is 11.8 Å². The van der Waals surface area contributed by atoms with E-state index in [1.807, 2.05) is 0 Å². The van der Waals surface area contributed by atoms with E-state index in [0.717, 1.165) is 0 Å². The average molecular weight is 228 g/mol. The molecule has 2 N–H and O–H groups in total. The van der Waals surface area contributed by atoms with Crippen LogP contribution < -0.4 is 0 Å². The number of aromatic hydroxyl groups is 1. The zero-order valence-corrected chi connectivity index (χ0v) is 7.67. The number of aliphatic hydroxyl groups excluding tert-OH is 1. The van der Waals surface area contributed by atoms with Crippen molar-refractivity contribution in [2.45, 2.75) is 0 Å². The number of pyridine rings is 1. The molecule has 0 saturated carbocycles. The van der Waals surface area contributed by atoms with Crippen LogP contribution in [-0.2, 0) is 0 Å². The third-order valence-corrected chi connectivity index (χ3v) is 1.57. The van der Waals surface area contributed by atoms with E-state index < -0.39 is 0 Å². The van der Waals surface area contributed by atoms with Crippen molar-refractivity contribution in [2.75, 3.05) is 6.61 Å². The number of nitrogens with zero attached hydrogens (tertiary/aromatic N) is 1. The van der Waals surface area contributed by atoms with Crippen molar-refractivity contribution in [1.82, 2.24) is 4.98 Å². The molecule has 1 aromatic rings. The van der Waals surface area contributed by atoms with E-state index in [4.69, 9.17) is 5.11 Å². The summed E-state index contributed by atoms with van der Waals surface area (Å²) in [6, 6.07) is 3.10. The predicted molar refractivity (Wildman–Crippen MR) is 47.6 cm³/mol. The molecule has 1 heterocycles. The summed E-state index contributed by atoms with van der Waals surface area (Å²) in [5, 5.41) is 17.6. The second-order valence-electron chi connectivity index (χ2n) is 1.96. The van der Waals surface area contributed by atoms with E-state index in [9.17, 15) is 5.11 Å². The lowest BCUT2D eigenvalue weighted by Gasteiger charge is -1.95. The van der Waals surface area contributed by atoms with E-state index in [1.54, 1.807) is 6.07 Å². The molecule has 0 bridgehead atoms. The predicted octanol–water partition coefficient (Wildman–Crippen LogP) is 0.893. The molecule has 0 atom stereocenters.